The summed E-state index contributed by atoms with van der Waals surface area (Å²) in [6.07, 6.45) is -1.83. The minimum atomic E-state index is -2.11. The van der Waals surface area contributed by atoms with Crippen LogP contribution in [0.2, 0.25) is 0 Å². The summed E-state index contributed by atoms with van der Waals surface area (Å²) in [4.78, 5) is 52.8. The molecule has 12 aliphatic rings. The summed E-state index contributed by atoms with van der Waals surface area (Å²) < 4.78 is 49.3. The fourth-order valence-corrected chi connectivity index (χ4v) is 17.2. The molecule has 0 aromatic heterocycles. The van der Waals surface area contributed by atoms with Crippen molar-refractivity contribution in [3.8, 4) is 0 Å². The molecule has 6 N–H and O–H groups in total. The zero-order valence-corrected chi connectivity index (χ0v) is 44.2. The molecule has 400 valence electrons. The molecule has 10 fully saturated rings. The quantitative estimate of drug-likeness (QED) is 0.170. The highest BCUT2D eigenvalue weighted by molar-refractivity contribution is 6.06. The first kappa shape index (κ1) is 51.4. The van der Waals surface area contributed by atoms with Crippen LogP contribution in [-0.2, 0) is 57.1 Å². The fourth-order valence-electron chi connectivity index (χ4n) is 17.2. The maximum atomic E-state index is 13.6. The number of aliphatic hydroxyl groups excluding tert-OH is 2. The molecule has 72 heavy (non-hydrogen) atoms. The number of ether oxygens (including phenoxy) is 8. The van der Waals surface area contributed by atoms with E-state index >= 15 is 0 Å². The number of carbonyl (C=O) groups excluding carboxylic acids is 4. The van der Waals surface area contributed by atoms with Crippen molar-refractivity contribution >= 4 is 23.5 Å². The first-order valence-corrected chi connectivity index (χ1v) is 26.2. The SMILES string of the molecule is CCC(=O)O[C@@]12[C@H](O)[C@@H](C)[C@@]3(O)[C@H]([C@@H]1C2(C)C)[C@@H]1O[C@@]12COC(C)(C)O[C@H]2[C@]1(O)C(=O)C(C)=C[C@H]13.CCC(C)C(=O)O[C@@]12[C@H](O)[C@@H](C)[C@@]3(O)[C@H]([C@@H]1C2(C)C)[C@@H]1O[C@@]12COC(C)(C)O[C@H]2[C@]1(O)C(=O)C(C)=C[C@H]13. The van der Waals surface area contributed by atoms with Gasteiger partial charge in [-0.05, 0) is 59.1 Å². The lowest BCUT2D eigenvalue weighted by Gasteiger charge is -2.54. The van der Waals surface area contributed by atoms with E-state index in [-0.39, 0.29) is 31.5 Å². The van der Waals surface area contributed by atoms with Crippen LogP contribution in [0, 0.1) is 64.1 Å². The highest BCUT2D eigenvalue weighted by atomic mass is 16.8. The summed E-state index contributed by atoms with van der Waals surface area (Å²) >= 11 is 0. The first-order chi connectivity index (χ1) is 33.1. The second kappa shape index (κ2) is 14.4. The van der Waals surface area contributed by atoms with Gasteiger partial charge in [0.2, 0.25) is 0 Å². The summed E-state index contributed by atoms with van der Waals surface area (Å²) in [5.41, 5.74) is -13.1. The Hall–Kier alpha value is -2.72. The number of Topliss-reactive ketones (excluding diaryl/α,β-unsaturated/α-hetero) is 2. The number of rotatable bonds is 5. The van der Waals surface area contributed by atoms with Gasteiger partial charge in [0.25, 0.3) is 0 Å². The van der Waals surface area contributed by atoms with Crippen LogP contribution < -0.4 is 0 Å². The van der Waals surface area contributed by atoms with Crippen molar-refractivity contribution < 1.29 is 87.7 Å². The molecule has 4 saturated heterocycles. The Labute approximate surface area is 420 Å². The summed E-state index contributed by atoms with van der Waals surface area (Å²) in [6, 6.07) is 0. The van der Waals surface area contributed by atoms with Gasteiger partial charge in [-0.2, -0.15) is 0 Å². The highest BCUT2D eigenvalue weighted by Gasteiger charge is 2.95. The van der Waals surface area contributed by atoms with Crippen LogP contribution in [-0.4, -0.2) is 160 Å². The van der Waals surface area contributed by atoms with Crippen molar-refractivity contribution in [2.45, 2.75) is 210 Å². The third kappa shape index (κ3) is 5.53. The molecular weight excluding hydrogens is 937 g/mol. The van der Waals surface area contributed by atoms with Gasteiger partial charge in [-0.3, -0.25) is 19.2 Å². The van der Waals surface area contributed by atoms with Gasteiger partial charge in [0.05, 0.1) is 54.7 Å². The second-order valence-electron chi connectivity index (χ2n) is 26.2. The highest BCUT2D eigenvalue weighted by Crippen LogP contribution is 2.82. The van der Waals surface area contributed by atoms with Gasteiger partial charge in [-0.1, -0.05) is 74.5 Å². The Morgan fingerprint density at radius 1 is 0.653 bits per heavy atom. The number of ketones is 2. The first-order valence-electron chi connectivity index (χ1n) is 26.2. The Morgan fingerprint density at radius 3 is 1.39 bits per heavy atom. The van der Waals surface area contributed by atoms with Crippen molar-refractivity contribution in [2.24, 2.45) is 64.1 Å². The minimum Gasteiger partial charge on any atom is -0.455 e. The van der Waals surface area contributed by atoms with Crippen LogP contribution in [0.5, 0.6) is 0 Å². The lowest BCUT2D eigenvalue weighted by atomic mass is 9.58. The second-order valence-corrected chi connectivity index (χ2v) is 26.2. The van der Waals surface area contributed by atoms with Gasteiger partial charge >= 0.3 is 11.9 Å². The minimum absolute atomic E-state index is 0.0764. The third-order valence-corrected chi connectivity index (χ3v) is 21.4. The van der Waals surface area contributed by atoms with E-state index in [0.29, 0.717) is 17.6 Å². The van der Waals surface area contributed by atoms with Gasteiger partial charge in [-0.25, -0.2) is 0 Å². The molecule has 4 heterocycles. The van der Waals surface area contributed by atoms with E-state index < -0.39 is 169 Å². The van der Waals surface area contributed by atoms with Gasteiger partial charge in [0.15, 0.2) is 34.3 Å². The Balaban J connectivity index is 0.000000156. The van der Waals surface area contributed by atoms with Crippen LogP contribution in [0.3, 0.4) is 0 Å². The predicted molar refractivity (Wildman–Crippen MR) is 249 cm³/mol. The molecule has 0 bridgehead atoms. The molecule has 1 unspecified atom stereocenters. The maximum Gasteiger partial charge on any atom is 0.309 e. The van der Waals surface area contributed by atoms with Crippen molar-refractivity contribution in [3.05, 3.63) is 23.3 Å². The average Bonchev–Trinajstić information content (AvgIpc) is 4.28. The van der Waals surface area contributed by atoms with E-state index in [4.69, 9.17) is 37.9 Å². The number of epoxide rings is 2. The molecule has 2 spiro atoms. The van der Waals surface area contributed by atoms with E-state index in [1.165, 1.54) is 0 Å². The van der Waals surface area contributed by atoms with Crippen LogP contribution in [0.15, 0.2) is 23.3 Å². The normalized spacial score (nSPS) is 55.6. The molecule has 4 aliphatic heterocycles. The standard InChI is InChI=1S/C28H40O9.C26H36O9/c1-9-12(2)21(31)36-28-17(23(28,5)6)16-20-25(35-20)11-34-24(7,8)37-22(25)27(33)15(10-13(3)18(27)29)26(16,32)14(4)19(28)30;1-8-14(27)33-26-16(21(26,4)5)15-19-23(34-19)10-32-22(6,7)35-20(23)25(31)13(9-11(2)17(25)28)24(15,30)12(3)18(26)29/h10,12,14-17,19-20,22,30,32-33H,9,11H2,1-8H3;9,12-13,15-16,18-20,29-31H,8,10H2,1-7H3/t12?,14-,15+,16-,17-,19-,20+,22-,25+,26+,27-,28-;12-,13+,15-,16-,18-,19+,20-,23+,24+,25-,26-/m11/s1. The zero-order chi connectivity index (χ0) is 53.0. The average molecular weight is 1010 g/mol. The molecule has 6 saturated carbocycles. The molecule has 0 aromatic rings. The molecule has 0 radical (unpaired) electrons. The summed E-state index contributed by atoms with van der Waals surface area (Å²) in [5.74, 6) is -10.4. The van der Waals surface area contributed by atoms with Crippen molar-refractivity contribution in [3.63, 3.8) is 0 Å². The van der Waals surface area contributed by atoms with Crippen LogP contribution in [0.4, 0.5) is 0 Å². The molecule has 18 heteroatoms. The van der Waals surface area contributed by atoms with Crippen molar-refractivity contribution in [1.82, 2.24) is 0 Å². The number of esters is 2. The largest absolute Gasteiger partial charge is 0.455 e. The van der Waals surface area contributed by atoms with E-state index in [1.807, 2.05) is 34.6 Å². The van der Waals surface area contributed by atoms with E-state index in [1.54, 1.807) is 81.4 Å². The predicted octanol–water partition coefficient (Wildman–Crippen LogP) is 2.38. The van der Waals surface area contributed by atoms with Gasteiger partial charge in [0, 0.05) is 64.6 Å². The molecule has 23 atom stereocenters. The smallest absolute Gasteiger partial charge is 0.309 e. The molecule has 8 aliphatic carbocycles. The molecule has 12 rings (SSSR count). The Morgan fingerprint density at radius 2 is 1.03 bits per heavy atom. The monoisotopic (exact) mass is 1010 g/mol. The van der Waals surface area contributed by atoms with E-state index in [2.05, 4.69) is 0 Å². The number of carbonyl (C=O) groups is 4. The summed E-state index contributed by atoms with van der Waals surface area (Å²) in [6.45, 7) is 26.8. The maximum absolute atomic E-state index is 13.6. The van der Waals surface area contributed by atoms with Gasteiger partial charge in [0.1, 0.15) is 34.6 Å². The fraction of sp³-hybridized carbons (Fsp3) is 0.852. The third-order valence-electron chi connectivity index (χ3n) is 21.4. The molecule has 0 amide bonds. The number of fused-ring (bicyclic) bond motifs is 14. The lowest BCUT2D eigenvalue weighted by Crippen LogP contribution is -2.70. The van der Waals surface area contributed by atoms with E-state index in [9.17, 15) is 49.8 Å². The Kier molecular flexibility index (Phi) is 10.3. The summed E-state index contributed by atoms with van der Waals surface area (Å²) in [7, 11) is 0. The van der Waals surface area contributed by atoms with E-state index in [0.717, 1.165) is 0 Å². The molecular formula is C54H76O18. The number of hydrogen-bond acceptors (Lipinski definition) is 18. The topological polar surface area (TPSA) is 270 Å². The number of aliphatic hydroxyl groups is 6. The molecule has 0 aromatic carbocycles. The van der Waals surface area contributed by atoms with Crippen LogP contribution in [0.1, 0.15) is 117 Å². The Bertz CT molecular complexity index is 2520. The zero-order valence-electron chi connectivity index (χ0n) is 44.2. The van der Waals surface area contributed by atoms with Crippen LogP contribution >= 0.6 is 0 Å². The van der Waals surface area contributed by atoms with Crippen molar-refractivity contribution in [2.75, 3.05) is 13.2 Å². The van der Waals surface area contributed by atoms with Gasteiger partial charge < -0.3 is 68.5 Å². The van der Waals surface area contributed by atoms with Crippen molar-refractivity contribution in [1.29, 1.82) is 0 Å². The van der Waals surface area contributed by atoms with Crippen LogP contribution in [0.25, 0.3) is 0 Å². The molecule has 18 nitrogen and oxygen atoms in total. The number of hydrogen-bond donors (Lipinski definition) is 6. The lowest BCUT2D eigenvalue weighted by molar-refractivity contribution is -0.329. The van der Waals surface area contributed by atoms with Gasteiger partial charge in [-0.15, -0.1) is 0 Å². The summed E-state index contributed by atoms with van der Waals surface area (Å²) in [5, 5.41) is 73.5.